The maximum absolute atomic E-state index is 13.2. The van der Waals surface area contributed by atoms with Crippen LogP contribution in [0, 0.1) is 5.82 Å². The third kappa shape index (κ3) is 4.34. The molecule has 0 saturated carbocycles. The van der Waals surface area contributed by atoms with Crippen molar-refractivity contribution in [3.8, 4) is 5.75 Å². The molecule has 0 aliphatic rings. The maximum atomic E-state index is 13.2. The van der Waals surface area contributed by atoms with Crippen LogP contribution in [-0.2, 0) is 4.79 Å². The molecule has 0 radical (unpaired) electrons. The monoisotopic (exact) mass is 291 g/mol. The van der Waals surface area contributed by atoms with Gasteiger partial charge in [-0.3, -0.25) is 9.78 Å². The second-order valence-electron chi connectivity index (χ2n) is 3.58. The predicted octanol–water partition coefficient (Wildman–Crippen LogP) is 0.194. The van der Waals surface area contributed by atoms with Gasteiger partial charge in [-0.15, -0.1) is 11.6 Å². The van der Waals surface area contributed by atoms with Crippen LogP contribution in [0.4, 0.5) is 9.18 Å². The van der Waals surface area contributed by atoms with E-state index in [1.165, 1.54) is 0 Å². The van der Waals surface area contributed by atoms with Gasteiger partial charge in [0.2, 0.25) is 5.91 Å². The van der Waals surface area contributed by atoms with Crippen molar-refractivity contribution in [2.75, 3.05) is 0 Å². The number of carbonyl (C=O) groups is 2. The fraction of sp³-hybridized carbons (Fsp3) is 0.300. The minimum atomic E-state index is -1.27. The van der Waals surface area contributed by atoms with Gasteiger partial charge in [-0.05, 0) is 0 Å². The number of ether oxygens (including phenoxy) is 1. The molecule has 0 aliphatic carbocycles. The minimum Gasteiger partial charge on any atom is -0.407 e. The third-order valence-electron chi connectivity index (χ3n) is 2.13. The quantitative estimate of drug-likeness (QED) is 0.667. The number of rotatable bonds is 5. The first-order valence-electron chi connectivity index (χ1n) is 5.05. The van der Waals surface area contributed by atoms with Crippen molar-refractivity contribution in [1.29, 1.82) is 0 Å². The number of hydrogen-bond donors (Lipinski definition) is 3. The number of aliphatic hydroxyl groups is 1. The molecular weight excluding hydrogens is 281 g/mol. The second-order valence-corrected chi connectivity index (χ2v) is 4.11. The molecule has 0 saturated heterocycles. The molecule has 2 unspecified atom stereocenters. The van der Waals surface area contributed by atoms with E-state index in [9.17, 15) is 19.1 Å². The summed E-state index contributed by atoms with van der Waals surface area (Å²) in [4.78, 5) is 24.9. The van der Waals surface area contributed by atoms with E-state index < -0.39 is 35.0 Å². The Labute approximate surface area is 112 Å². The van der Waals surface area contributed by atoms with Gasteiger partial charge in [0, 0.05) is 12.5 Å². The van der Waals surface area contributed by atoms with Crippen LogP contribution in [0.15, 0.2) is 12.3 Å². The van der Waals surface area contributed by atoms with Gasteiger partial charge in [-0.1, -0.05) is 0 Å². The molecule has 1 heterocycles. The van der Waals surface area contributed by atoms with Gasteiger partial charge in [0.15, 0.2) is 11.6 Å². The number of nitrogens with zero attached hydrogens (tertiary/aromatic N) is 1. The molecule has 9 heteroatoms. The van der Waals surface area contributed by atoms with Crippen LogP contribution in [0.3, 0.4) is 0 Å². The Morgan fingerprint density at radius 2 is 2.16 bits per heavy atom. The van der Waals surface area contributed by atoms with Gasteiger partial charge >= 0.3 is 6.09 Å². The van der Waals surface area contributed by atoms with Crippen molar-refractivity contribution in [3.63, 3.8) is 0 Å². The first kappa shape index (κ1) is 15.1. The molecular formula is C10H11ClFN3O4. The van der Waals surface area contributed by atoms with Crippen LogP contribution >= 0.6 is 11.6 Å². The van der Waals surface area contributed by atoms with E-state index in [0.29, 0.717) is 0 Å². The number of primary amides is 2. The molecule has 104 valence electrons. The van der Waals surface area contributed by atoms with Gasteiger partial charge in [-0.2, -0.15) is 0 Å². The lowest BCUT2D eigenvalue weighted by Gasteiger charge is -2.13. The fourth-order valence-electron chi connectivity index (χ4n) is 1.24. The van der Waals surface area contributed by atoms with Gasteiger partial charge in [0.1, 0.15) is 5.38 Å². The number of halogens is 2. The number of nitrogens with two attached hydrogens (primary N) is 2. The van der Waals surface area contributed by atoms with Crippen molar-refractivity contribution in [1.82, 2.24) is 4.98 Å². The minimum absolute atomic E-state index is 0.0375. The summed E-state index contributed by atoms with van der Waals surface area (Å²) < 4.78 is 17.6. The summed E-state index contributed by atoms with van der Waals surface area (Å²) in [5.41, 5.74) is 9.64. The Bertz CT molecular complexity index is 500. The first-order valence-corrected chi connectivity index (χ1v) is 5.49. The van der Waals surface area contributed by atoms with E-state index in [4.69, 9.17) is 23.1 Å². The number of aromatic nitrogens is 1. The lowest BCUT2D eigenvalue weighted by atomic mass is 10.1. The van der Waals surface area contributed by atoms with E-state index in [1.807, 2.05) is 0 Å². The molecule has 0 fully saturated rings. The first-order chi connectivity index (χ1) is 8.81. The number of alkyl halides is 1. The molecule has 0 aliphatic heterocycles. The average Bonchev–Trinajstić information content (AvgIpc) is 2.31. The molecule has 0 aromatic carbocycles. The number of pyridine rings is 1. The molecule has 19 heavy (non-hydrogen) atoms. The Morgan fingerprint density at radius 1 is 1.53 bits per heavy atom. The molecule has 0 spiro atoms. The highest BCUT2D eigenvalue weighted by atomic mass is 35.5. The zero-order valence-corrected chi connectivity index (χ0v) is 10.3. The van der Waals surface area contributed by atoms with Crippen LogP contribution in [-0.4, -0.2) is 27.5 Å². The fourth-order valence-corrected chi connectivity index (χ4v) is 1.41. The Balaban J connectivity index is 2.88. The van der Waals surface area contributed by atoms with Crippen molar-refractivity contribution >= 4 is 23.6 Å². The van der Waals surface area contributed by atoms with Crippen molar-refractivity contribution in [3.05, 3.63) is 23.8 Å². The van der Waals surface area contributed by atoms with Gasteiger partial charge < -0.3 is 21.3 Å². The molecule has 7 nitrogen and oxygen atoms in total. The summed E-state index contributed by atoms with van der Waals surface area (Å²) in [6.07, 6.45) is -1.96. The second kappa shape index (κ2) is 6.30. The van der Waals surface area contributed by atoms with Crippen LogP contribution < -0.4 is 16.2 Å². The number of aliphatic hydroxyl groups excluding tert-OH is 1. The highest BCUT2D eigenvalue weighted by Gasteiger charge is 2.21. The van der Waals surface area contributed by atoms with Crippen LogP contribution in [0.5, 0.6) is 5.75 Å². The summed E-state index contributed by atoms with van der Waals surface area (Å²) in [7, 11) is 0. The molecule has 0 bridgehead atoms. The normalized spacial score (nSPS) is 13.6. The number of carbonyl (C=O) groups excluding carboxylic acids is 2. The molecule has 5 N–H and O–H groups in total. The average molecular weight is 292 g/mol. The molecule has 1 aromatic heterocycles. The standard InChI is InChI=1S/C10H11ClFN3O4/c11-4(9(13)17)1-7(16)6-2-8(19-10(14)18)5(12)3-15-6/h2-4,7,16H,1H2,(H2,13,17)(H2,14,18). The highest BCUT2D eigenvalue weighted by molar-refractivity contribution is 6.30. The van der Waals surface area contributed by atoms with E-state index >= 15 is 0 Å². The summed E-state index contributed by atoms with van der Waals surface area (Å²) >= 11 is 5.57. The van der Waals surface area contributed by atoms with E-state index in [2.05, 4.69) is 9.72 Å². The lowest BCUT2D eigenvalue weighted by Crippen LogP contribution is -2.25. The van der Waals surface area contributed by atoms with E-state index in [1.54, 1.807) is 0 Å². The third-order valence-corrected chi connectivity index (χ3v) is 2.53. The van der Waals surface area contributed by atoms with Crippen molar-refractivity contribution in [2.45, 2.75) is 17.9 Å². The van der Waals surface area contributed by atoms with Crippen molar-refractivity contribution < 1.29 is 23.8 Å². The highest BCUT2D eigenvalue weighted by Crippen LogP contribution is 2.24. The van der Waals surface area contributed by atoms with Crippen LogP contribution in [0.1, 0.15) is 18.2 Å². The van der Waals surface area contributed by atoms with E-state index in [0.717, 1.165) is 12.3 Å². The van der Waals surface area contributed by atoms with Gasteiger partial charge in [0.25, 0.3) is 0 Å². The summed E-state index contributed by atoms with van der Waals surface area (Å²) in [6.45, 7) is 0. The Hall–Kier alpha value is -1.93. The van der Waals surface area contributed by atoms with Gasteiger partial charge in [-0.25, -0.2) is 9.18 Å². The zero-order chi connectivity index (χ0) is 14.6. The zero-order valence-electron chi connectivity index (χ0n) is 9.55. The Morgan fingerprint density at radius 3 is 2.68 bits per heavy atom. The largest absolute Gasteiger partial charge is 0.410 e. The van der Waals surface area contributed by atoms with Crippen molar-refractivity contribution in [2.24, 2.45) is 11.5 Å². The summed E-state index contributed by atoms with van der Waals surface area (Å²) in [6, 6.07) is 0.982. The molecule has 2 amide bonds. The topological polar surface area (TPSA) is 129 Å². The van der Waals surface area contributed by atoms with Crippen LogP contribution in [0.25, 0.3) is 0 Å². The predicted molar refractivity (Wildman–Crippen MR) is 62.8 cm³/mol. The SMILES string of the molecule is NC(=O)Oc1cc(C(O)CC(Cl)C(N)=O)ncc1F. The molecule has 2 atom stereocenters. The summed E-state index contributed by atoms with van der Waals surface area (Å²) in [5, 5.41) is 8.63. The maximum Gasteiger partial charge on any atom is 0.410 e. The van der Waals surface area contributed by atoms with Crippen LogP contribution in [0.2, 0.25) is 0 Å². The van der Waals surface area contributed by atoms with E-state index in [-0.39, 0.29) is 12.1 Å². The van der Waals surface area contributed by atoms with Gasteiger partial charge in [0.05, 0.1) is 18.0 Å². The smallest absolute Gasteiger partial charge is 0.407 e. The molecule has 1 aromatic rings. The molecule has 1 rings (SSSR count). The number of amides is 2. The Kier molecular flexibility index (Phi) is 5.02. The lowest BCUT2D eigenvalue weighted by molar-refractivity contribution is -0.118. The number of hydrogen-bond acceptors (Lipinski definition) is 5. The summed E-state index contributed by atoms with van der Waals surface area (Å²) in [5.74, 6) is -2.22.